The van der Waals surface area contributed by atoms with Crippen LogP contribution in [0.5, 0.6) is 0 Å². The summed E-state index contributed by atoms with van der Waals surface area (Å²) in [5.74, 6) is -0.997. The third-order valence-corrected chi connectivity index (χ3v) is 4.71. The highest BCUT2D eigenvalue weighted by Crippen LogP contribution is 2.19. The number of carbonyl (C=O) groups is 2. The van der Waals surface area contributed by atoms with Crippen LogP contribution in [0.15, 0.2) is 41.5 Å². The number of aromatic nitrogens is 2. The molecule has 0 radical (unpaired) electrons. The van der Waals surface area contributed by atoms with Gasteiger partial charge >= 0.3 is 5.97 Å². The first-order chi connectivity index (χ1) is 13.0. The molecule has 0 aliphatic carbocycles. The SMILES string of the molecule is COC(=O)C1CCN(C(=O)Cn2cnc(-c3ccc(F)cc3)cc2=O)CC1. The van der Waals surface area contributed by atoms with Gasteiger partial charge in [-0.15, -0.1) is 0 Å². The largest absolute Gasteiger partial charge is 0.469 e. The van der Waals surface area contributed by atoms with Gasteiger partial charge in [-0.05, 0) is 37.1 Å². The molecule has 1 aliphatic heterocycles. The van der Waals surface area contributed by atoms with E-state index in [0.29, 0.717) is 37.2 Å². The summed E-state index contributed by atoms with van der Waals surface area (Å²) in [6.45, 7) is 0.793. The molecule has 3 rings (SSSR count). The molecule has 0 spiro atoms. The summed E-state index contributed by atoms with van der Waals surface area (Å²) in [5, 5.41) is 0. The lowest BCUT2D eigenvalue weighted by Crippen LogP contribution is -2.43. The van der Waals surface area contributed by atoms with Crippen molar-refractivity contribution in [1.82, 2.24) is 14.5 Å². The normalized spacial score (nSPS) is 14.8. The quantitative estimate of drug-likeness (QED) is 0.758. The first kappa shape index (κ1) is 18.8. The highest BCUT2D eigenvalue weighted by Gasteiger charge is 2.27. The van der Waals surface area contributed by atoms with Gasteiger partial charge in [0, 0.05) is 24.7 Å². The molecule has 0 unspecified atom stereocenters. The Bertz CT molecular complexity index is 887. The summed E-state index contributed by atoms with van der Waals surface area (Å²) in [6.07, 6.45) is 2.42. The monoisotopic (exact) mass is 373 g/mol. The number of carbonyl (C=O) groups excluding carboxylic acids is 2. The van der Waals surface area contributed by atoms with E-state index in [1.165, 1.54) is 48.3 Å². The van der Waals surface area contributed by atoms with Gasteiger partial charge in [0.2, 0.25) is 5.91 Å². The average molecular weight is 373 g/mol. The number of halogens is 1. The molecule has 8 heteroatoms. The minimum absolute atomic E-state index is 0.113. The lowest BCUT2D eigenvalue weighted by atomic mass is 9.97. The zero-order valence-electron chi connectivity index (χ0n) is 14.9. The first-order valence-corrected chi connectivity index (χ1v) is 8.66. The number of amides is 1. The molecule has 0 bridgehead atoms. The van der Waals surface area contributed by atoms with Crippen molar-refractivity contribution in [1.29, 1.82) is 0 Å². The summed E-state index contributed by atoms with van der Waals surface area (Å²) >= 11 is 0. The Labute approximate surface area is 155 Å². The zero-order chi connectivity index (χ0) is 19.4. The Hall–Kier alpha value is -3.03. The van der Waals surface area contributed by atoms with Crippen LogP contribution >= 0.6 is 0 Å². The number of hydrogen-bond donors (Lipinski definition) is 0. The van der Waals surface area contributed by atoms with E-state index in [2.05, 4.69) is 4.98 Å². The number of hydrogen-bond acceptors (Lipinski definition) is 5. The standard InChI is InChI=1S/C19H20FN3O4/c1-27-19(26)14-6-8-22(9-7-14)18(25)11-23-12-21-16(10-17(23)24)13-2-4-15(20)5-3-13/h2-5,10,12,14H,6-9,11H2,1H3. The van der Waals surface area contributed by atoms with Crippen molar-refractivity contribution < 1.29 is 18.7 Å². The van der Waals surface area contributed by atoms with E-state index in [4.69, 9.17) is 4.74 Å². The molecule has 1 aliphatic rings. The number of piperidine rings is 1. The highest BCUT2D eigenvalue weighted by molar-refractivity contribution is 5.77. The van der Waals surface area contributed by atoms with Crippen LogP contribution in [0.4, 0.5) is 4.39 Å². The molecule has 1 saturated heterocycles. The zero-order valence-corrected chi connectivity index (χ0v) is 14.9. The molecular weight excluding hydrogens is 353 g/mol. The number of likely N-dealkylation sites (tertiary alicyclic amines) is 1. The molecule has 1 aromatic carbocycles. The van der Waals surface area contributed by atoms with Gasteiger partial charge in [-0.3, -0.25) is 19.0 Å². The van der Waals surface area contributed by atoms with Crippen LogP contribution in [0.1, 0.15) is 12.8 Å². The van der Waals surface area contributed by atoms with Crippen LogP contribution in [0.3, 0.4) is 0 Å². The number of esters is 1. The predicted molar refractivity (Wildman–Crippen MR) is 95.2 cm³/mol. The Kier molecular flexibility index (Phi) is 5.63. The minimum Gasteiger partial charge on any atom is -0.469 e. The highest BCUT2D eigenvalue weighted by atomic mass is 19.1. The molecule has 27 heavy (non-hydrogen) atoms. The van der Waals surface area contributed by atoms with Crippen molar-refractivity contribution in [3.8, 4) is 11.3 Å². The van der Waals surface area contributed by atoms with Gasteiger partial charge in [0.25, 0.3) is 5.56 Å². The van der Waals surface area contributed by atoms with Gasteiger partial charge in [-0.1, -0.05) is 0 Å². The van der Waals surface area contributed by atoms with Gasteiger partial charge in [0.1, 0.15) is 12.4 Å². The van der Waals surface area contributed by atoms with Crippen molar-refractivity contribution in [3.63, 3.8) is 0 Å². The fraction of sp³-hybridized carbons (Fsp3) is 0.368. The molecule has 1 aromatic heterocycles. The Morgan fingerprint density at radius 2 is 1.89 bits per heavy atom. The van der Waals surface area contributed by atoms with Crippen molar-refractivity contribution >= 4 is 11.9 Å². The van der Waals surface area contributed by atoms with E-state index < -0.39 is 0 Å². The van der Waals surface area contributed by atoms with E-state index >= 15 is 0 Å². The van der Waals surface area contributed by atoms with Crippen LogP contribution in [0.2, 0.25) is 0 Å². The molecule has 1 amide bonds. The Morgan fingerprint density at radius 3 is 2.48 bits per heavy atom. The summed E-state index contributed by atoms with van der Waals surface area (Å²) in [6, 6.07) is 6.99. The number of rotatable bonds is 4. The van der Waals surface area contributed by atoms with Crippen LogP contribution in [0, 0.1) is 11.7 Å². The molecule has 0 saturated carbocycles. The molecule has 0 N–H and O–H groups in total. The van der Waals surface area contributed by atoms with E-state index in [9.17, 15) is 18.8 Å². The second kappa shape index (κ2) is 8.11. The van der Waals surface area contributed by atoms with Crippen LogP contribution < -0.4 is 5.56 Å². The number of nitrogens with zero attached hydrogens (tertiary/aromatic N) is 3. The van der Waals surface area contributed by atoms with E-state index in [0.717, 1.165) is 0 Å². The van der Waals surface area contributed by atoms with Crippen molar-refractivity contribution in [2.75, 3.05) is 20.2 Å². The molecular formula is C19H20FN3O4. The summed E-state index contributed by atoms with van der Waals surface area (Å²) in [7, 11) is 1.36. The maximum atomic E-state index is 13.0. The van der Waals surface area contributed by atoms with E-state index in [1.807, 2.05) is 0 Å². The van der Waals surface area contributed by atoms with Gasteiger partial charge in [0.05, 0.1) is 25.0 Å². The third-order valence-electron chi connectivity index (χ3n) is 4.71. The topological polar surface area (TPSA) is 81.5 Å². The predicted octanol–water partition coefficient (Wildman–Crippen LogP) is 1.46. The molecule has 142 valence electrons. The first-order valence-electron chi connectivity index (χ1n) is 8.66. The molecule has 2 heterocycles. The van der Waals surface area contributed by atoms with Crippen LogP contribution in [0.25, 0.3) is 11.3 Å². The fourth-order valence-corrected chi connectivity index (χ4v) is 3.10. The number of benzene rings is 1. The third kappa shape index (κ3) is 4.39. The number of methoxy groups -OCH3 is 1. The molecule has 0 atom stereocenters. The molecule has 1 fully saturated rings. The maximum absolute atomic E-state index is 13.0. The Morgan fingerprint density at radius 1 is 1.22 bits per heavy atom. The molecule has 2 aromatic rings. The van der Waals surface area contributed by atoms with E-state index in [1.54, 1.807) is 4.90 Å². The van der Waals surface area contributed by atoms with Crippen LogP contribution in [-0.2, 0) is 20.9 Å². The van der Waals surface area contributed by atoms with E-state index in [-0.39, 0.29) is 35.7 Å². The van der Waals surface area contributed by atoms with Gasteiger partial charge < -0.3 is 9.64 Å². The van der Waals surface area contributed by atoms with Crippen molar-refractivity contribution in [3.05, 3.63) is 52.8 Å². The summed E-state index contributed by atoms with van der Waals surface area (Å²) in [4.78, 5) is 42.1. The summed E-state index contributed by atoms with van der Waals surface area (Å²) in [5.41, 5.74) is 0.682. The second-order valence-corrected chi connectivity index (χ2v) is 6.43. The Balaban J connectivity index is 1.64. The lowest BCUT2D eigenvalue weighted by molar-refractivity contribution is -0.149. The number of ether oxygens (including phenoxy) is 1. The van der Waals surface area contributed by atoms with Crippen LogP contribution in [-0.4, -0.2) is 46.5 Å². The molecule has 7 nitrogen and oxygen atoms in total. The fourth-order valence-electron chi connectivity index (χ4n) is 3.10. The summed E-state index contributed by atoms with van der Waals surface area (Å²) < 4.78 is 19.0. The van der Waals surface area contributed by atoms with Crippen molar-refractivity contribution in [2.24, 2.45) is 5.92 Å². The second-order valence-electron chi connectivity index (χ2n) is 6.43. The average Bonchev–Trinajstić information content (AvgIpc) is 2.69. The van der Waals surface area contributed by atoms with Gasteiger partial charge in [-0.2, -0.15) is 0 Å². The minimum atomic E-state index is -0.367. The van der Waals surface area contributed by atoms with Crippen molar-refractivity contribution in [2.45, 2.75) is 19.4 Å². The lowest BCUT2D eigenvalue weighted by Gasteiger charge is -2.30. The smallest absolute Gasteiger partial charge is 0.308 e. The van der Waals surface area contributed by atoms with Gasteiger partial charge in [-0.25, -0.2) is 9.37 Å². The maximum Gasteiger partial charge on any atom is 0.308 e. The van der Waals surface area contributed by atoms with Gasteiger partial charge in [0.15, 0.2) is 0 Å².